The van der Waals surface area contributed by atoms with E-state index in [0.717, 1.165) is 24.2 Å². The molecule has 7 heteroatoms. The first-order valence-electron chi connectivity index (χ1n) is 8.75. The first kappa shape index (κ1) is 17.3. The van der Waals surface area contributed by atoms with Gasteiger partial charge in [-0.2, -0.15) is 0 Å². The molecule has 2 aromatic rings. The van der Waals surface area contributed by atoms with Crippen molar-refractivity contribution in [2.75, 3.05) is 12.4 Å². The molecule has 0 spiro atoms. The number of hydrogen-bond acceptors (Lipinski definition) is 4. The summed E-state index contributed by atoms with van der Waals surface area (Å²) in [6.45, 7) is 2.31. The van der Waals surface area contributed by atoms with Gasteiger partial charge in [-0.15, -0.1) is 10.2 Å². The quantitative estimate of drug-likeness (QED) is 0.871. The second kappa shape index (κ2) is 8.00. The summed E-state index contributed by atoms with van der Waals surface area (Å²) < 4.78 is 7.38. The lowest BCUT2D eigenvalue weighted by molar-refractivity contribution is 0.251. The Morgan fingerprint density at radius 1 is 1.32 bits per heavy atom. The van der Waals surface area contributed by atoms with Crippen LogP contribution in [0.5, 0.6) is 5.75 Å². The second-order valence-electron chi connectivity index (χ2n) is 6.46. The van der Waals surface area contributed by atoms with E-state index in [0.29, 0.717) is 24.0 Å². The van der Waals surface area contributed by atoms with Crippen LogP contribution in [0, 0.1) is 6.92 Å². The normalized spacial score (nSPS) is 15.0. The molecule has 2 N–H and O–H groups in total. The van der Waals surface area contributed by atoms with Crippen molar-refractivity contribution in [1.82, 2.24) is 20.1 Å². The topological polar surface area (TPSA) is 81.1 Å². The van der Waals surface area contributed by atoms with Crippen LogP contribution in [0.3, 0.4) is 0 Å². The molecule has 1 aliphatic rings. The molecule has 1 aliphatic carbocycles. The van der Waals surface area contributed by atoms with E-state index in [1.54, 1.807) is 13.4 Å². The Hall–Kier alpha value is -2.57. The molecule has 0 saturated heterocycles. The smallest absolute Gasteiger partial charge is 0.319 e. The highest BCUT2D eigenvalue weighted by Gasteiger charge is 2.18. The molecule has 0 unspecified atom stereocenters. The predicted octanol–water partition coefficient (Wildman–Crippen LogP) is 3.42. The maximum absolute atomic E-state index is 12.2. The van der Waals surface area contributed by atoms with Crippen LogP contribution < -0.4 is 15.4 Å². The highest BCUT2D eigenvalue weighted by Crippen LogP contribution is 2.28. The van der Waals surface area contributed by atoms with Crippen LogP contribution >= 0.6 is 0 Å². The van der Waals surface area contributed by atoms with Crippen molar-refractivity contribution in [3.8, 4) is 5.75 Å². The minimum absolute atomic E-state index is 0.290. The Morgan fingerprint density at radius 2 is 2.12 bits per heavy atom. The number of aryl methyl sites for hydroxylation is 1. The molecule has 1 aromatic heterocycles. The lowest BCUT2D eigenvalue weighted by atomic mass is 9.95. The molecule has 134 valence electrons. The summed E-state index contributed by atoms with van der Waals surface area (Å²) in [7, 11) is 1.58. The maximum atomic E-state index is 12.2. The molecule has 0 aliphatic heterocycles. The Balaban J connectivity index is 1.60. The van der Waals surface area contributed by atoms with Crippen LogP contribution in [0.15, 0.2) is 24.5 Å². The van der Waals surface area contributed by atoms with Gasteiger partial charge in [-0.1, -0.05) is 25.3 Å². The average molecular weight is 343 g/mol. The van der Waals surface area contributed by atoms with E-state index < -0.39 is 0 Å². The van der Waals surface area contributed by atoms with Crippen molar-refractivity contribution in [1.29, 1.82) is 0 Å². The highest BCUT2D eigenvalue weighted by molar-refractivity contribution is 5.91. The van der Waals surface area contributed by atoms with Gasteiger partial charge in [0, 0.05) is 6.04 Å². The van der Waals surface area contributed by atoms with Gasteiger partial charge in [-0.3, -0.25) is 0 Å². The largest absolute Gasteiger partial charge is 0.495 e. The number of hydrogen-bond donors (Lipinski definition) is 2. The van der Waals surface area contributed by atoms with Gasteiger partial charge in [-0.25, -0.2) is 4.79 Å². The van der Waals surface area contributed by atoms with Crippen molar-refractivity contribution in [2.24, 2.45) is 0 Å². The van der Waals surface area contributed by atoms with Gasteiger partial charge in [0.05, 0.1) is 19.3 Å². The van der Waals surface area contributed by atoms with E-state index in [1.807, 2.05) is 25.1 Å². The fraction of sp³-hybridized carbons (Fsp3) is 0.500. The number of methoxy groups -OCH3 is 1. The van der Waals surface area contributed by atoms with Gasteiger partial charge in [0.2, 0.25) is 0 Å². The van der Waals surface area contributed by atoms with Crippen LogP contribution in [-0.2, 0) is 6.54 Å². The third-order valence-electron chi connectivity index (χ3n) is 4.63. The van der Waals surface area contributed by atoms with E-state index in [4.69, 9.17) is 4.74 Å². The minimum Gasteiger partial charge on any atom is -0.495 e. The second-order valence-corrected chi connectivity index (χ2v) is 6.46. The molecule has 1 heterocycles. The number of rotatable bonds is 5. The number of benzene rings is 1. The van der Waals surface area contributed by atoms with Crippen LogP contribution in [0.2, 0.25) is 0 Å². The van der Waals surface area contributed by atoms with Crippen molar-refractivity contribution in [3.63, 3.8) is 0 Å². The lowest BCUT2D eigenvalue weighted by Crippen LogP contribution is -2.30. The zero-order valence-corrected chi connectivity index (χ0v) is 14.8. The monoisotopic (exact) mass is 343 g/mol. The SMILES string of the molecule is COc1ccc(C)cc1NC(=O)NCc1nncn1C1CCCCC1. The number of carbonyl (C=O) groups excluding carboxylic acids is 1. The van der Waals surface area contributed by atoms with Crippen LogP contribution in [0.1, 0.15) is 49.5 Å². The van der Waals surface area contributed by atoms with Gasteiger partial charge in [0.1, 0.15) is 12.1 Å². The molecule has 25 heavy (non-hydrogen) atoms. The van der Waals surface area contributed by atoms with Gasteiger partial charge < -0.3 is 19.9 Å². The van der Waals surface area contributed by atoms with E-state index in [9.17, 15) is 4.79 Å². The third kappa shape index (κ3) is 4.29. The fourth-order valence-corrected chi connectivity index (χ4v) is 3.30. The summed E-state index contributed by atoms with van der Waals surface area (Å²) in [4.78, 5) is 12.2. The van der Waals surface area contributed by atoms with Crippen molar-refractivity contribution < 1.29 is 9.53 Å². The zero-order chi connectivity index (χ0) is 17.6. The molecule has 1 aromatic carbocycles. The number of urea groups is 1. The summed E-state index contributed by atoms with van der Waals surface area (Å²) in [5.41, 5.74) is 1.70. The van der Waals surface area contributed by atoms with E-state index in [1.165, 1.54) is 19.3 Å². The minimum atomic E-state index is -0.290. The van der Waals surface area contributed by atoms with E-state index in [2.05, 4.69) is 25.4 Å². The Bertz CT molecular complexity index is 722. The number of anilines is 1. The lowest BCUT2D eigenvalue weighted by Gasteiger charge is -2.24. The average Bonchev–Trinajstić information content (AvgIpc) is 3.09. The van der Waals surface area contributed by atoms with Gasteiger partial charge in [0.25, 0.3) is 0 Å². The number of carbonyl (C=O) groups is 1. The first-order valence-corrected chi connectivity index (χ1v) is 8.75. The molecule has 1 saturated carbocycles. The number of nitrogens with one attached hydrogen (secondary N) is 2. The summed E-state index contributed by atoms with van der Waals surface area (Å²) in [6, 6.07) is 5.81. The molecule has 0 bridgehead atoms. The predicted molar refractivity (Wildman–Crippen MR) is 95.7 cm³/mol. The Kier molecular flexibility index (Phi) is 5.53. The van der Waals surface area contributed by atoms with E-state index in [-0.39, 0.29) is 6.03 Å². The van der Waals surface area contributed by atoms with Crippen LogP contribution in [-0.4, -0.2) is 27.9 Å². The zero-order valence-electron chi connectivity index (χ0n) is 14.8. The molecule has 7 nitrogen and oxygen atoms in total. The van der Waals surface area contributed by atoms with Gasteiger partial charge >= 0.3 is 6.03 Å². The summed E-state index contributed by atoms with van der Waals surface area (Å²) in [6.07, 6.45) is 7.85. The van der Waals surface area contributed by atoms with Gasteiger partial charge in [0.15, 0.2) is 5.82 Å². The molecular formula is C18H25N5O2. The summed E-state index contributed by atoms with van der Waals surface area (Å²) in [5.74, 6) is 1.42. The standard InChI is InChI=1S/C18H25N5O2/c1-13-8-9-16(25-2)15(10-13)21-18(24)19-11-17-22-20-12-23(17)14-6-4-3-5-7-14/h8-10,12,14H,3-7,11H2,1-2H3,(H2,19,21,24). The van der Waals surface area contributed by atoms with Crippen molar-refractivity contribution in [2.45, 2.75) is 51.6 Å². The number of ether oxygens (including phenoxy) is 1. The van der Waals surface area contributed by atoms with Crippen LogP contribution in [0.25, 0.3) is 0 Å². The summed E-state index contributed by atoms with van der Waals surface area (Å²) >= 11 is 0. The highest BCUT2D eigenvalue weighted by atomic mass is 16.5. The molecule has 1 fully saturated rings. The number of aromatic nitrogens is 3. The van der Waals surface area contributed by atoms with E-state index >= 15 is 0 Å². The van der Waals surface area contributed by atoms with Gasteiger partial charge in [-0.05, 0) is 37.5 Å². The Labute approximate surface area is 147 Å². The van der Waals surface area contributed by atoms with Crippen LogP contribution in [0.4, 0.5) is 10.5 Å². The molecule has 3 rings (SSSR count). The maximum Gasteiger partial charge on any atom is 0.319 e. The number of amides is 2. The van der Waals surface area contributed by atoms with Crippen molar-refractivity contribution >= 4 is 11.7 Å². The molecule has 2 amide bonds. The van der Waals surface area contributed by atoms with Crippen molar-refractivity contribution in [3.05, 3.63) is 35.9 Å². The molecule has 0 radical (unpaired) electrons. The first-order chi connectivity index (χ1) is 12.2. The Morgan fingerprint density at radius 3 is 2.88 bits per heavy atom. The summed E-state index contributed by atoms with van der Waals surface area (Å²) in [5, 5.41) is 13.9. The fourth-order valence-electron chi connectivity index (χ4n) is 3.30. The molecule has 0 atom stereocenters. The third-order valence-corrected chi connectivity index (χ3v) is 4.63. The molecular weight excluding hydrogens is 318 g/mol. The number of nitrogens with zero attached hydrogens (tertiary/aromatic N) is 3.